The topological polar surface area (TPSA) is 32.7 Å². The van der Waals surface area contributed by atoms with Crippen molar-refractivity contribution in [3.63, 3.8) is 0 Å². The Morgan fingerprint density at radius 2 is 1.82 bits per heavy atom. The van der Waals surface area contributed by atoms with Crippen molar-refractivity contribution in [3.05, 3.63) is 67.5 Å². The molecule has 0 fully saturated rings. The largest absolute Gasteiger partial charge is 0.367 e. The number of rotatable bonds is 3. The van der Waals surface area contributed by atoms with E-state index in [1.54, 1.807) is 6.07 Å². The molecule has 2 aromatic rings. The van der Waals surface area contributed by atoms with Crippen molar-refractivity contribution in [1.29, 1.82) is 0 Å². The van der Waals surface area contributed by atoms with Gasteiger partial charge in [-0.3, -0.25) is 0 Å². The van der Waals surface area contributed by atoms with Gasteiger partial charge >= 0.3 is 0 Å². The quantitative estimate of drug-likeness (QED) is 0.645. The summed E-state index contributed by atoms with van der Waals surface area (Å²) in [5.41, 5.74) is 2.84. The number of hydrogen-bond acceptors (Lipinski definition) is 3. The smallest absolute Gasteiger partial charge is 0.121 e. The molecule has 1 heterocycles. The molecule has 0 bridgehead atoms. The van der Waals surface area contributed by atoms with Crippen molar-refractivity contribution in [1.82, 2.24) is 0 Å². The molecule has 0 aliphatic carbocycles. The third-order valence-electron chi connectivity index (χ3n) is 3.87. The monoisotopic (exact) mass is 354 g/mol. The lowest BCUT2D eigenvalue weighted by Gasteiger charge is -2.33. The zero-order valence-electron chi connectivity index (χ0n) is 11.6. The number of hydrogen-bond donors (Lipinski definition) is 0. The van der Waals surface area contributed by atoms with Crippen molar-refractivity contribution >= 4 is 40.5 Å². The van der Waals surface area contributed by atoms with E-state index < -0.39 is 0 Å². The summed E-state index contributed by atoms with van der Waals surface area (Å²) >= 11 is 18.2. The van der Waals surface area contributed by atoms with Crippen LogP contribution in [0.3, 0.4) is 0 Å². The Balaban J connectivity index is 1.94. The van der Waals surface area contributed by atoms with Gasteiger partial charge in [-0.1, -0.05) is 46.0 Å². The van der Waals surface area contributed by atoms with E-state index in [9.17, 15) is 4.91 Å². The maximum absolute atomic E-state index is 11.0. The Kier molecular flexibility index (Phi) is 4.57. The van der Waals surface area contributed by atoms with Crippen LogP contribution in [0.15, 0.2) is 41.6 Å². The average Bonchev–Trinajstić information content (AvgIpc) is 2.50. The first-order chi connectivity index (χ1) is 10.6. The van der Waals surface area contributed by atoms with Crippen LogP contribution in [0.1, 0.15) is 23.6 Å². The van der Waals surface area contributed by atoms with E-state index in [1.165, 1.54) is 0 Å². The van der Waals surface area contributed by atoms with Gasteiger partial charge in [-0.15, -0.1) is 0 Å². The van der Waals surface area contributed by atoms with E-state index in [1.807, 2.05) is 30.3 Å². The fourth-order valence-electron chi connectivity index (χ4n) is 2.76. The van der Waals surface area contributed by atoms with Gasteiger partial charge in [0.05, 0.1) is 0 Å². The molecule has 0 aromatic heterocycles. The van der Waals surface area contributed by atoms with Crippen molar-refractivity contribution in [2.45, 2.75) is 19.0 Å². The Morgan fingerprint density at radius 3 is 2.55 bits per heavy atom. The van der Waals surface area contributed by atoms with Crippen LogP contribution in [-0.2, 0) is 6.54 Å². The van der Waals surface area contributed by atoms with E-state index >= 15 is 0 Å². The number of anilines is 1. The van der Waals surface area contributed by atoms with E-state index in [0.717, 1.165) is 23.4 Å². The molecule has 0 N–H and O–H groups in total. The SMILES string of the molecule is O=NC1CCN(Cc2ccc(Cl)cc2Cl)c2ccc(Cl)cc21. The molecule has 114 valence electrons. The first-order valence-electron chi connectivity index (χ1n) is 6.89. The van der Waals surface area contributed by atoms with Crippen LogP contribution >= 0.6 is 34.8 Å². The van der Waals surface area contributed by atoms with Crippen molar-refractivity contribution in [3.8, 4) is 0 Å². The van der Waals surface area contributed by atoms with Gasteiger partial charge in [0.15, 0.2) is 0 Å². The van der Waals surface area contributed by atoms with E-state index in [4.69, 9.17) is 34.8 Å². The van der Waals surface area contributed by atoms with Crippen molar-refractivity contribution in [2.75, 3.05) is 11.4 Å². The van der Waals surface area contributed by atoms with Crippen LogP contribution in [0.5, 0.6) is 0 Å². The van der Waals surface area contributed by atoms with Crippen LogP contribution in [-0.4, -0.2) is 6.54 Å². The highest BCUT2D eigenvalue weighted by molar-refractivity contribution is 6.35. The summed E-state index contributed by atoms with van der Waals surface area (Å²) in [7, 11) is 0. The molecule has 1 aliphatic heterocycles. The molecule has 3 rings (SSSR count). The first-order valence-corrected chi connectivity index (χ1v) is 8.02. The summed E-state index contributed by atoms with van der Waals surface area (Å²) < 4.78 is 0. The van der Waals surface area contributed by atoms with Crippen LogP contribution in [0.4, 0.5) is 5.69 Å². The molecule has 0 saturated carbocycles. The zero-order chi connectivity index (χ0) is 15.7. The Hall–Kier alpha value is -1.29. The van der Waals surface area contributed by atoms with E-state index in [2.05, 4.69) is 10.1 Å². The van der Waals surface area contributed by atoms with E-state index in [0.29, 0.717) is 28.0 Å². The molecular formula is C16H13Cl3N2O. The van der Waals surface area contributed by atoms with E-state index in [-0.39, 0.29) is 6.04 Å². The van der Waals surface area contributed by atoms with Crippen molar-refractivity contribution < 1.29 is 0 Å². The second-order valence-corrected chi connectivity index (χ2v) is 6.55. The minimum atomic E-state index is -0.342. The summed E-state index contributed by atoms with van der Waals surface area (Å²) in [5.74, 6) is 0. The lowest BCUT2D eigenvalue weighted by Crippen LogP contribution is -2.30. The minimum Gasteiger partial charge on any atom is -0.367 e. The fourth-order valence-corrected chi connectivity index (χ4v) is 3.41. The number of halogens is 3. The fraction of sp³-hybridized carbons (Fsp3) is 0.250. The second kappa shape index (κ2) is 6.45. The highest BCUT2D eigenvalue weighted by atomic mass is 35.5. The third-order valence-corrected chi connectivity index (χ3v) is 4.69. The van der Waals surface area contributed by atoms with Gasteiger partial charge < -0.3 is 4.90 Å². The van der Waals surface area contributed by atoms with Crippen LogP contribution in [0, 0.1) is 4.91 Å². The van der Waals surface area contributed by atoms with Gasteiger partial charge in [-0.25, -0.2) is 0 Å². The molecular weight excluding hydrogens is 343 g/mol. The van der Waals surface area contributed by atoms with Crippen LogP contribution < -0.4 is 4.90 Å². The maximum Gasteiger partial charge on any atom is 0.121 e. The average molecular weight is 356 g/mol. The Morgan fingerprint density at radius 1 is 1.09 bits per heavy atom. The number of fused-ring (bicyclic) bond motifs is 1. The lowest BCUT2D eigenvalue weighted by molar-refractivity contribution is 0.589. The summed E-state index contributed by atoms with van der Waals surface area (Å²) in [6, 6.07) is 10.7. The van der Waals surface area contributed by atoms with Crippen molar-refractivity contribution in [2.24, 2.45) is 5.18 Å². The molecule has 0 saturated heterocycles. The van der Waals surface area contributed by atoms with Gasteiger partial charge in [-0.2, -0.15) is 4.91 Å². The van der Waals surface area contributed by atoms with Gasteiger partial charge in [0.1, 0.15) is 6.04 Å². The summed E-state index contributed by atoms with van der Waals surface area (Å²) in [4.78, 5) is 13.2. The molecule has 6 heteroatoms. The molecule has 0 radical (unpaired) electrons. The van der Waals surface area contributed by atoms with Gasteiger partial charge in [0.25, 0.3) is 0 Å². The first kappa shape index (κ1) is 15.6. The number of benzene rings is 2. The maximum atomic E-state index is 11.0. The summed E-state index contributed by atoms with van der Waals surface area (Å²) in [6.07, 6.45) is 0.669. The lowest BCUT2D eigenvalue weighted by atomic mass is 9.96. The molecule has 3 nitrogen and oxygen atoms in total. The summed E-state index contributed by atoms with van der Waals surface area (Å²) in [5, 5.41) is 5.08. The highest BCUT2D eigenvalue weighted by Gasteiger charge is 2.26. The molecule has 22 heavy (non-hydrogen) atoms. The molecule has 0 amide bonds. The predicted molar refractivity (Wildman–Crippen MR) is 92.1 cm³/mol. The molecule has 0 spiro atoms. The number of nitrogens with zero attached hydrogens (tertiary/aromatic N) is 2. The standard InChI is InChI=1S/C16H13Cl3N2O/c17-11-3-4-16-13(7-11)15(20-22)5-6-21(16)9-10-1-2-12(18)8-14(10)19/h1-4,7-8,15H,5-6,9H2. The van der Waals surface area contributed by atoms with Crippen LogP contribution in [0.2, 0.25) is 15.1 Å². The van der Waals surface area contributed by atoms with Gasteiger partial charge in [-0.05, 0) is 42.3 Å². The zero-order valence-corrected chi connectivity index (χ0v) is 13.9. The third kappa shape index (κ3) is 3.07. The predicted octanol–water partition coefficient (Wildman–Crippen LogP) is 5.86. The Labute approximate surface area is 143 Å². The highest BCUT2D eigenvalue weighted by Crippen LogP contribution is 2.38. The molecule has 1 atom stereocenters. The normalized spacial score (nSPS) is 17.2. The summed E-state index contributed by atoms with van der Waals surface area (Å²) in [6.45, 7) is 1.39. The van der Waals surface area contributed by atoms with Gasteiger partial charge in [0.2, 0.25) is 0 Å². The van der Waals surface area contributed by atoms with Gasteiger partial charge in [0, 0.05) is 39.4 Å². The molecule has 1 unspecified atom stereocenters. The Bertz CT molecular complexity index is 721. The minimum absolute atomic E-state index is 0.342. The second-order valence-electron chi connectivity index (χ2n) is 5.27. The molecule has 2 aromatic carbocycles. The van der Waals surface area contributed by atoms with Crippen LogP contribution in [0.25, 0.3) is 0 Å². The molecule has 1 aliphatic rings. The number of nitroso groups, excluding NO2 is 1.